The van der Waals surface area contributed by atoms with Crippen LogP contribution in [0, 0.1) is 18.8 Å². The number of amides is 2. The highest BCUT2D eigenvalue weighted by atomic mass is 16.5. The van der Waals surface area contributed by atoms with Crippen LogP contribution in [-0.4, -0.2) is 57.7 Å². The zero-order chi connectivity index (χ0) is 20.9. The highest BCUT2D eigenvalue weighted by Crippen LogP contribution is 2.33. The summed E-state index contributed by atoms with van der Waals surface area (Å²) in [6, 6.07) is -0.225. The van der Waals surface area contributed by atoms with Gasteiger partial charge in [-0.05, 0) is 38.5 Å². The molecule has 8 heteroatoms. The Labute approximate surface area is 178 Å². The molecule has 3 heterocycles. The molecular weight excluding hydrogens is 382 g/mol. The first-order chi connectivity index (χ1) is 14.6. The molecule has 1 saturated carbocycles. The van der Waals surface area contributed by atoms with Gasteiger partial charge in [0, 0.05) is 38.1 Å². The molecule has 2 aliphatic heterocycles. The highest BCUT2D eigenvalue weighted by Gasteiger charge is 2.39. The molecule has 4 rings (SSSR count). The fourth-order valence-electron chi connectivity index (χ4n) is 5.20. The van der Waals surface area contributed by atoms with Crippen molar-refractivity contribution in [1.82, 2.24) is 25.4 Å². The van der Waals surface area contributed by atoms with Crippen molar-refractivity contribution >= 4 is 11.8 Å². The van der Waals surface area contributed by atoms with Gasteiger partial charge in [-0.1, -0.05) is 32.1 Å². The van der Waals surface area contributed by atoms with Crippen molar-refractivity contribution < 1.29 is 14.3 Å². The standard InChI is InChI=1S/C22H35N5O3/c1-15-23-21(26-25-15)19-13-18(24-22(29)17-9-11-30-12-10-17)14-27(19)20(28)8-7-16-5-3-2-4-6-16/h16-19H,2-14H2,1H3,(H,24,29)(H,23,25,26)/t18-,19-/m0/s1. The summed E-state index contributed by atoms with van der Waals surface area (Å²) in [5, 5.41) is 10.4. The number of likely N-dealkylation sites (tertiary alicyclic amines) is 1. The Hall–Kier alpha value is -1.96. The van der Waals surface area contributed by atoms with E-state index in [1.165, 1.54) is 32.1 Å². The summed E-state index contributed by atoms with van der Waals surface area (Å²) in [4.78, 5) is 32.2. The number of nitrogens with one attached hydrogen (secondary N) is 2. The summed E-state index contributed by atoms with van der Waals surface area (Å²) in [5.41, 5.74) is 0. The topological polar surface area (TPSA) is 100 Å². The fraction of sp³-hybridized carbons (Fsp3) is 0.818. The average molecular weight is 418 g/mol. The molecule has 0 unspecified atom stereocenters. The van der Waals surface area contributed by atoms with Crippen molar-refractivity contribution in [2.75, 3.05) is 19.8 Å². The molecule has 0 spiro atoms. The molecule has 2 saturated heterocycles. The molecule has 30 heavy (non-hydrogen) atoms. The van der Waals surface area contributed by atoms with E-state index in [0.717, 1.165) is 25.1 Å². The van der Waals surface area contributed by atoms with Gasteiger partial charge in [0.1, 0.15) is 5.82 Å². The van der Waals surface area contributed by atoms with E-state index in [4.69, 9.17) is 4.74 Å². The Morgan fingerprint density at radius 3 is 2.63 bits per heavy atom. The first-order valence-corrected chi connectivity index (χ1v) is 11.7. The molecule has 1 aromatic rings. The summed E-state index contributed by atoms with van der Waals surface area (Å²) in [6.45, 7) is 3.70. The first-order valence-electron chi connectivity index (χ1n) is 11.7. The number of aromatic amines is 1. The predicted octanol–water partition coefficient (Wildman–Crippen LogP) is 2.66. The lowest BCUT2D eigenvalue weighted by atomic mass is 9.86. The van der Waals surface area contributed by atoms with Crippen molar-refractivity contribution in [3.05, 3.63) is 11.6 Å². The lowest BCUT2D eigenvalue weighted by Crippen LogP contribution is -2.42. The Morgan fingerprint density at radius 1 is 1.17 bits per heavy atom. The summed E-state index contributed by atoms with van der Waals surface area (Å²) >= 11 is 0. The minimum absolute atomic E-state index is 0.0130. The number of hydrogen-bond donors (Lipinski definition) is 2. The Balaban J connectivity index is 1.38. The smallest absolute Gasteiger partial charge is 0.223 e. The van der Waals surface area contributed by atoms with Gasteiger partial charge in [-0.15, -0.1) is 0 Å². The van der Waals surface area contributed by atoms with E-state index >= 15 is 0 Å². The summed E-state index contributed by atoms with van der Waals surface area (Å²) < 4.78 is 5.37. The van der Waals surface area contributed by atoms with Gasteiger partial charge in [0.25, 0.3) is 0 Å². The van der Waals surface area contributed by atoms with Gasteiger partial charge in [-0.2, -0.15) is 5.10 Å². The molecule has 1 aliphatic carbocycles. The third-order valence-electron chi connectivity index (χ3n) is 6.96. The third kappa shape index (κ3) is 5.20. The fourth-order valence-corrected chi connectivity index (χ4v) is 5.20. The lowest BCUT2D eigenvalue weighted by Gasteiger charge is -2.25. The quantitative estimate of drug-likeness (QED) is 0.741. The number of carbonyl (C=O) groups excluding carboxylic acids is 2. The highest BCUT2D eigenvalue weighted by molar-refractivity contribution is 5.80. The second-order valence-corrected chi connectivity index (χ2v) is 9.21. The molecule has 8 nitrogen and oxygen atoms in total. The Morgan fingerprint density at radius 2 is 1.93 bits per heavy atom. The van der Waals surface area contributed by atoms with Gasteiger partial charge >= 0.3 is 0 Å². The number of aryl methyl sites for hydroxylation is 1. The molecule has 3 fully saturated rings. The molecular formula is C22H35N5O3. The number of carbonyl (C=O) groups is 2. The van der Waals surface area contributed by atoms with E-state index in [9.17, 15) is 9.59 Å². The Kier molecular flexibility index (Phi) is 7.02. The van der Waals surface area contributed by atoms with E-state index in [-0.39, 0.29) is 29.8 Å². The third-order valence-corrected chi connectivity index (χ3v) is 6.96. The van der Waals surface area contributed by atoms with Gasteiger partial charge in [0.05, 0.1) is 6.04 Å². The number of nitrogens with zero attached hydrogens (tertiary/aromatic N) is 3. The lowest BCUT2D eigenvalue weighted by molar-refractivity contribution is -0.133. The zero-order valence-corrected chi connectivity index (χ0v) is 18.1. The summed E-state index contributed by atoms with van der Waals surface area (Å²) in [7, 11) is 0. The van der Waals surface area contributed by atoms with E-state index in [1.807, 2.05) is 11.8 Å². The van der Waals surface area contributed by atoms with Gasteiger partial charge < -0.3 is 15.0 Å². The second-order valence-electron chi connectivity index (χ2n) is 9.21. The van der Waals surface area contributed by atoms with Crippen molar-refractivity contribution in [3.63, 3.8) is 0 Å². The number of aromatic nitrogens is 3. The number of rotatable bonds is 6. The van der Waals surface area contributed by atoms with Crippen LogP contribution in [0.25, 0.3) is 0 Å². The minimum Gasteiger partial charge on any atom is -0.381 e. The molecule has 3 aliphatic rings. The van der Waals surface area contributed by atoms with Crippen LogP contribution >= 0.6 is 0 Å². The molecule has 166 valence electrons. The monoisotopic (exact) mass is 417 g/mol. The van der Waals surface area contributed by atoms with Crippen LogP contribution in [0.2, 0.25) is 0 Å². The van der Waals surface area contributed by atoms with Crippen LogP contribution < -0.4 is 5.32 Å². The van der Waals surface area contributed by atoms with Crippen molar-refractivity contribution in [3.8, 4) is 0 Å². The molecule has 2 N–H and O–H groups in total. The van der Waals surface area contributed by atoms with Gasteiger partial charge in [-0.3, -0.25) is 14.7 Å². The van der Waals surface area contributed by atoms with Crippen molar-refractivity contribution in [1.29, 1.82) is 0 Å². The maximum Gasteiger partial charge on any atom is 0.223 e. The van der Waals surface area contributed by atoms with Crippen LogP contribution in [0.3, 0.4) is 0 Å². The van der Waals surface area contributed by atoms with Crippen LogP contribution in [0.4, 0.5) is 0 Å². The maximum absolute atomic E-state index is 13.1. The van der Waals surface area contributed by atoms with E-state index in [2.05, 4.69) is 20.5 Å². The van der Waals surface area contributed by atoms with E-state index in [0.29, 0.717) is 44.3 Å². The predicted molar refractivity (Wildman–Crippen MR) is 111 cm³/mol. The van der Waals surface area contributed by atoms with Crippen molar-refractivity contribution in [2.45, 2.75) is 83.2 Å². The van der Waals surface area contributed by atoms with Crippen molar-refractivity contribution in [2.24, 2.45) is 11.8 Å². The molecule has 0 bridgehead atoms. The normalized spacial score (nSPS) is 26.1. The van der Waals surface area contributed by atoms with Crippen LogP contribution in [0.15, 0.2) is 0 Å². The first kappa shape index (κ1) is 21.3. The molecule has 0 radical (unpaired) electrons. The number of H-pyrrole nitrogens is 1. The SMILES string of the molecule is Cc1nc([C@@H]2C[C@H](NC(=O)C3CCOCC3)CN2C(=O)CCC2CCCCC2)n[nH]1. The molecule has 2 atom stereocenters. The zero-order valence-electron chi connectivity index (χ0n) is 18.1. The second kappa shape index (κ2) is 9.90. The molecule has 1 aromatic heterocycles. The van der Waals surface area contributed by atoms with Gasteiger partial charge in [-0.25, -0.2) is 4.98 Å². The minimum atomic E-state index is -0.172. The number of ether oxygens (including phenoxy) is 1. The number of hydrogen-bond acceptors (Lipinski definition) is 5. The average Bonchev–Trinajstić information content (AvgIpc) is 3.39. The Bertz CT molecular complexity index is 724. The van der Waals surface area contributed by atoms with Gasteiger partial charge in [0.2, 0.25) is 11.8 Å². The molecule has 0 aromatic carbocycles. The van der Waals surface area contributed by atoms with Gasteiger partial charge in [0.15, 0.2) is 5.82 Å². The van der Waals surface area contributed by atoms with Crippen LogP contribution in [-0.2, 0) is 14.3 Å². The van der Waals surface area contributed by atoms with E-state index in [1.54, 1.807) is 0 Å². The van der Waals surface area contributed by atoms with E-state index < -0.39 is 0 Å². The maximum atomic E-state index is 13.1. The largest absolute Gasteiger partial charge is 0.381 e. The summed E-state index contributed by atoms with van der Waals surface area (Å²) in [5.74, 6) is 2.34. The summed E-state index contributed by atoms with van der Waals surface area (Å²) in [6.07, 6.45) is 10.2. The molecule has 2 amide bonds. The van der Waals surface area contributed by atoms with Crippen LogP contribution in [0.5, 0.6) is 0 Å². The van der Waals surface area contributed by atoms with Crippen LogP contribution in [0.1, 0.15) is 81.9 Å².